The van der Waals surface area contributed by atoms with Crippen LogP contribution >= 0.6 is 0 Å². The molecule has 23 heavy (non-hydrogen) atoms. The van der Waals surface area contributed by atoms with E-state index < -0.39 is 21.3 Å². The number of rotatable bonds is 4. The Balaban J connectivity index is 1.40. The maximum absolute atomic E-state index is 13.2. The molecule has 0 saturated heterocycles. The van der Waals surface area contributed by atoms with Gasteiger partial charge in [-0.2, -0.15) is 17.2 Å². The maximum Gasteiger partial charge on any atom is 0.465 e. The first-order valence-electron chi connectivity index (χ1n) is 8.22. The Labute approximate surface area is 133 Å². The molecule has 6 unspecified atom stereocenters. The molecule has 0 aliphatic heterocycles. The van der Waals surface area contributed by atoms with E-state index in [9.17, 15) is 22.0 Å². The zero-order valence-electron chi connectivity index (χ0n) is 12.5. The van der Waals surface area contributed by atoms with Crippen LogP contribution in [0.25, 0.3) is 0 Å². The summed E-state index contributed by atoms with van der Waals surface area (Å²) in [6, 6.07) is 0. The van der Waals surface area contributed by atoms with Crippen molar-refractivity contribution in [1.82, 2.24) is 0 Å². The van der Waals surface area contributed by atoms with E-state index in [1.807, 2.05) is 0 Å². The molecular formula is C15H20F2O5S. The van der Waals surface area contributed by atoms with E-state index in [2.05, 4.69) is 4.74 Å². The summed E-state index contributed by atoms with van der Waals surface area (Å²) in [6.07, 6.45) is 5.81. The number of carbonyl (C=O) groups is 1. The Morgan fingerprint density at radius 1 is 1.09 bits per heavy atom. The van der Waals surface area contributed by atoms with E-state index in [4.69, 9.17) is 4.55 Å². The van der Waals surface area contributed by atoms with Gasteiger partial charge in [0.1, 0.15) is 0 Å². The number of hydrogen-bond donors (Lipinski definition) is 1. The third-order valence-electron chi connectivity index (χ3n) is 6.86. The molecule has 0 aromatic rings. The van der Waals surface area contributed by atoms with Crippen LogP contribution in [-0.2, 0) is 19.6 Å². The summed E-state index contributed by atoms with van der Waals surface area (Å²) >= 11 is 0. The Hall–Kier alpha value is -0.760. The first-order chi connectivity index (χ1) is 10.7. The first-order valence-corrected chi connectivity index (χ1v) is 9.66. The Bertz CT molecular complexity index is 634. The van der Waals surface area contributed by atoms with E-state index in [0.717, 1.165) is 30.6 Å². The zero-order valence-corrected chi connectivity index (χ0v) is 13.3. The molecule has 4 aliphatic rings. The SMILES string of the molecule is O=C(OCC1C[C@H]2CC1C1C3CCC(C3)C12)C(F)(F)S(=O)(=O)O. The van der Waals surface area contributed by atoms with Gasteiger partial charge in [0.2, 0.25) is 0 Å². The van der Waals surface area contributed by atoms with Gasteiger partial charge in [-0.25, -0.2) is 4.79 Å². The molecule has 7 atom stereocenters. The summed E-state index contributed by atoms with van der Waals surface area (Å²) < 4.78 is 60.5. The predicted octanol–water partition coefficient (Wildman–Crippen LogP) is 2.33. The van der Waals surface area contributed by atoms with Gasteiger partial charge in [0.15, 0.2) is 0 Å². The molecule has 8 heteroatoms. The summed E-state index contributed by atoms with van der Waals surface area (Å²) in [5.74, 6) is 1.85. The lowest BCUT2D eigenvalue weighted by Gasteiger charge is -2.38. The minimum atomic E-state index is -5.79. The minimum Gasteiger partial charge on any atom is -0.460 e. The molecule has 0 radical (unpaired) electrons. The second-order valence-corrected chi connectivity index (χ2v) is 9.20. The van der Waals surface area contributed by atoms with Crippen molar-refractivity contribution in [3.8, 4) is 0 Å². The van der Waals surface area contributed by atoms with E-state index in [1.54, 1.807) is 0 Å². The van der Waals surface area contributed by atoms with Crippen LogP contribution in [0.15, 0.2) is 0 Å². The van der Waals surface area contributed by atoms with Crippen LogP contribution in [0.1, 0.15) is 32.1 Å². The fourth-order valence-electron chi connectivity index (χ4n) is 6.27. The lowest BCUT2D eigenvalue weighted by molar-refractivity contribution is -0.163. The van der Waals surface area contributed by atoms with Crippen molar-refractivity contribution in [2.75, 3.05) is 6.61 Å². The summed E-state index contributed by atoms with van der Waals surface area (Å²) in [5, 5.41) is -4.89. The van der Waals surface area contributed by atoms with Crippen LogP contribution in [0.5, 0.6) is 0 Å². The Kier molecular flexibility index (Phi) is 3.34. The van der Waals surface area contributed by atoms with E-state index in [0.29, 0.717) is 17.8 Å². The zero-order chi connectivity index (χ0) is 16.6. The standard InChI is InChI=1S/C15H20F2O5S/c16-15(17,23(19,20)21)14(18)22-6-10-4-9-5-11(10)13-8-2-1-7(3-8)12(9)13/h7-13H,1-6H2,(H,19,20,21)/t7?,8?,9-,10?,11?,12?,13?/m0/s1. The first kappa shape index (κ1) is 15.7. The van der Waals surface area contributed by atoms with Gasteiger partial charge in [-0.3, -0.25) is 4.55 Å². The van der Waals surface area contributed by atoms with Crippen molar-refractivity contribution in [3.63, 3.8) is 0 Å². The van der Waals surface area contributed by atoms with E-state index in [-0.39, 0.29) is 12.5 Å². The van der Waals surface area contributed by atoms with Gasteiger partial charge in [0.05, 0.1) is 6.61 Å². The molecule has 5 nitrogen and oxygen atoms in total. The number of halogens is 2. The van der Waals surface area contributed by atoms with Gasteiger partial charge in [-0.1, -0.05) is 0 Å². The van der Waals surface area contributed by atoms with Gasteiger partial charge in [0.25, 0.3) is 0 Å². The summed E-state index contributed by atoms with van der Waals surface area (Å²) in [7, 11) is -5.79. The Morgan fingerprint density at radius 3 is 2.39 bits per heavy atom. The van der Waals surface area contributed by atoms with Gasteiger partial charge < -0.3 is 4.74 Å². The molecule has 0 aromatic heterocycles. The average Bonchev–Trinajstić information content (AvgIpc) is 3.20. The molecule has 0 amide bonds. The number of fused-ring (bicyclic) bond motifs is 9. The predicted molar refractivity (Wildman–Crippen MR) is 75.0 cm³/mol. The van der Waals surface area contributed by atoms with Crippen molar-refractivity contribution in [1.29, 1.82) is 0 Å². The van der Waals surface area contributed by atoms with Crippen LogP contribution in [0.4, 0.5) is 8.78 Å². The average molecular weight is 350 g/mol. The van der Waals surface area contributed by atoms with Crippen molar-refractivity contribution in [2.24, 2.45) is 41.4 Å². The molecule has 1 N–H and O–H groups in total. The monoisotopic (exact) mass is 350 g/mol. The van der Waals surface area contributed by atoms with Crippen LogP contribution in [0.3, 0.4) is 0 Å². The van der Waals surface area contributed by atoms with E-state index >= 15 is 0 Å². The molecule has 4 bridgehead atoms. The molecular weight excluding hydrogens is 330 g/mol. The van der Waals surface area contributed by atoms with Crippen LogP contribution in [-0.4, -0.2) is 30.8 Å². The summed E-state index contributed by atoms with van der Waals surface area (Å²) in [4.78, 5) is 11.3. The van der Waals surface area contributed by atoms with Crippen molar-refractivity contribution >= 4 is 16.1 Å². The van der Waals surface area contributed by atoms with Crippen molar-refractivity contribution in [3.05, 3.63) is 0 Å². The molecule has 130 valence electrons. The van der Waals surface area contributed by atoms with Gasteiger partial charge in [0, 0.05) is 0 Å². The molecule has 4 saturated carbocycles. The highest BCUT2D eigenvalue weighted by molar-refractivity contribution is 7.87. The maximum atomic E-state index is 13.2. The lowest BCUT2D eigenvalue weighted by Crippen LogP contribution is -2.41. The molecule has 0 spiro atoms. The molecule has 4 rings (SSSR count). The van der Waals surface area contributed by atoms with Crippen molar-refractivity contribution < 1.29 is 31.3 Å². The van der Waals surface area contributed by atoms with Gasteiger partial charge in [-0.05, 0) is 73.5 Å². The molecule has 4 fully saturated rings. The largest absolute Gasteiger partial charge is 0.465 e. The highest BCUT2D eigenvalue weighted by Gasteiger charge is 2.62. The third-order valence-corrected chi connectivity index (χ3v) is 7.68. The molecule has 0 heterocycles. The van der Waals surface area contributed by atoms with Gasteiger partial charge in [-0.15, -0.1) is 0 Å². The second kappa shape index (κ2) is 4.88. The molecule has 0 aromatic carbocycles. The molecule has 4 aliphatic carbocycles. The van der Waals surface area contributed by atoms with Gasteiger partial charge >= 0.3 is 21.3 Å². The third kappa shape index (κ3) is 2.17. The quantitative estimate of drug-likeness (QED) is 0.478. The van der Waals surface area contributed by atoms with Crippen molar-refractivity contribution in [2.45, 2.75) is 37.4 Å². The number of esters is 1. The topological polar surface area (TPSA) is 80.7 Å². The summed E-state index contributed by atoms with van der Waals surface area (Å²) in [6.45, 7) is -0.175. The Morgan fingerprint density at radius 2 is 1.74 bits per heavy atom. The second-order valence-electron chi connectivity index (χ2n) is 7.73. The number of ether oxygens (including phenoxy) is 1. The fraction of sp³-hybridized carbons (Fsp3) is 0.933. The number of hydrogen-bond acceptors (Lipinski definition) is 4. The smallest absolute Gasteiger partial charge is 0.460 e. The van der Waals surface area contributed by atoms with Crippen LogP contribution in [0.2, 0.25) is 0 Å². The normalized spacial score (nSPS) is 44.6. The minimum absolute atomic E-state index is 0.0433. The lowest BCUT2D eigenvalue weighted by atomic mass is 9.68. The highest BCUT2D eigenvalue weighted by Crippen LogP contribution is 2.68. The van der Waals surface area contributed by atoms with Crippen LogP contribution < -0.4 is 0 Å². The van der Waals surface area contributed by atoms with E-state index in [1.165, 1.54) is 19.3 Å². The number of alkyl halides is 2. The van der Waals surface area contributed by atoms with Crippen LogP contribution in [0, 0.1) is 41.4 Å². The highest BCUT2D eigenvalue weighted by atomic mass is 32.2. The fourth-order valence-corrected chi connectivity index (χ4v) is 6.54. The number of carbonyl (C=O) groups excluding carboxylic acids is 1. The summed E-state index contributed by atoms with van der Waals surface area (Å²) in [5.41, 5.74) is 0.